The first-order chi connectivity index (χ1) is 16.6. The van der Waals surface area contributed by atoms with Gasteiger partial charge in [-0.3, -0.25) is 4.98 Å². The molecule has 2 atom stereocenters. The van der Waals surface area contributed by atoms with Crippen molar-refractivity contribution in [3.05, 3.63) is 42.5 Å². The number of pyridine rings is 1. The highest BCUT2D eigenvalue weighted by molar-refractivity contribution is 5.62. The summed E-state index contributed by atoms with van der Waals surface area (Å²) in [4.78, 5) is 8.72. The summed E-state index contributed by atoms with van der Waals surface area (Å²) in [6.07, 6.45) is 12.2. The molecule has 180 valence electrons. The zero-order valence-electron chi connectivity index (χ0n) is 20.4. The Morgan fingerprint density at radius 3 is 2.71 bits per heavy atom. The van der Waals surface area contributed by atoms with Crippen molar-refractivity contribution in [1.29, 1.82) is 0 Å². The second kappa shape index (κ2) is 10.0. The van der Waals surface area contributed by atoms with Crippen LogP contribution in [-0.2, 0) is 0 Å². The van der Waals surface area contributed by atoms with Gasteiger partial charge in [-0.05, 0) is 63.3 Å². The Hall–Kier alpha value is -3.07. The number of rotatable bonds is 8. The number of aromatic nitrogens is 6. The fourth-order valence-electron chi connectivity index (χ4n) is 4.66. The first-order valence-electron chi connectivity index (χ1n) is 12.4. The molecule has 1 saturated carbocycles. The van der Waals surface area contributed by atoms with Crippen LogP contribution in [-0.4, -0.2) is 69.9 Å². The highest BCUT2D eigenvalue weighted by Crippen LogP contribution is 2.26. The molecule has 0 amide bonds. The maximum Gasteiger partial charge on any atom is 0.151 e. The summed E-state index contributed by atoms with van der Waals surface area (Å²) in [5, 5.41) is 21.6. The van der Waals surface area contributed by atoms with Crippen LogP contribution in [0.1, 0.15) is 50.8 Å². The molecule has 1 unspecified atom stereocenters. The van der Waals surface area contributed by atoms with E-state index in [1.165, 1.54) is 32.1 Å². The van der Waals surface area contributed by atoms with E-state index < -0.39 is 0 Å². The summed E-state index contributed by atoms with van der Waals surface area (Å²) in [5.41, 5.74) is 3.63. The lowest BCUT2D eigenvalue weighted by Crippen LogP contribution is -2.47. The van der Waals surface area contributed by atoms with E-state index in [9.17, 15) is 0 Å². The highest BCUT2D eigenvalue weighted by Gasteiger charge is 2.24. The maximum absolute atomic E-state index is 4.57. The summed E-state index contributed by atoms with van der Waals surface area (Å²) < 4.78 is 1.84. The molecule has 3 aromatic rings. The third kappa shape index (κ3) is 5.04. The van der Waals surface area contributed by atoms with Crippen LogP contribution in [0.15, 0.2) is 36.8 Å². The van der Waals surface area contributed by atoms with E-state index in [0.717, 1.165) is 54.0 Å². The fraction of sp³-hybridized carbons (Fsp3) is 0.560. The average molecular weight is 462 g/mol. The van der Waals surface area contributed by atoms with Gasteiger partial charge >= 0.3 is 0 Å². The third-order valence-corrected chi connectivity index (χ3v) is 7.21. The maximum atomic E-state index is 4.57. The predicted octanol–water partition coefficient (Wildman–Crippen LogP) is 3.16. The Morgan fingerprint density at radius 2 is 1.97 bits per heavy atom. The lowest BCUT2D eigenvalue weighted by atomic mass is 9.85. The molecule has 1 N–H and O–H groups in total. The molecule has 0 aromatic carbocycles. The molecule has 4 heterocycles. The Labute approximate surface area is 201 Å². The average Bonchev–Trinajstić information content (AvgIpc) is 3.33. The van der Waals surface area contributed by atoms with Gasteiger partial charge in [0.25, 0.3) is 0 Å². The molecular formula is C25H35N9. The van der Waals surface area contributed by atoms with Gasteiger partial charge in [0.1, 0.15) is 5.69 Å². The summed E-state index contributed by atoms with van der Waals surface area (Å²) in [6, 6.07) is 6.70. The van der Waals surface area contributed by atoms with Gasteiger partial charge in [-0.1, -0.05) is 11.6 Å². The Kier molecular flexibility index (Phi) is 6.71. The van der Waals surface area contributed by atoms with Crippen LogP contribution in [0.2, 0.25) is 0 Å². The molecule has 0 radical (unpaired) electrons. The molecule has 0 spiro atoms. The van der Waals surface area contributed by atoms with Gasteiger partial charge in [0.05, 0.1) is 29.8 Å². The third-order valence-electron chi connectivity index (χ3n) is 7.21. The Balaban J connectivity index is 1.22. The van der Waals surface area contributed by atoms with E-state index in [1.54, 1.807) is 0 Å². The second-order valence-electron chi connectivity index (χ2n) is 9.89. The largest absolute Gasteiger partial charge is 0.376 e. The quantitative estimate of drug-likeness (QED) is 0.547. The SMILES string of the molecule is CC(c1ccc(N2CCC[C@@H](NCC3CCC3)C2)nn1)n1cc(-c2cncc(N(C)C)c2)nn1. The second-order valence-corrected chi connectivity index (χ2v) is 9.89. The predicted molar refractivity (Wildman–Crippen MR) is 134 cm³/mol. The summed E-state index contributed by atoms with van der Waals surface area (Å²) in [6.45, 7) is 5.27. The van der Waals surface area contributed by atoms with Gasteiger partial charge < -0.3 is 15.1 Å². The van der Waals surface area contributed by atoms with Gasteiger partial charge in [-0.15, -0.1) is 10.2 Å². The van der Waals surface area contributed by atoms with Crippen LogP contribution in [0.5, 0.6) is 0 Å². The molecule has 2 fully saturated rings. The molecule has 9 heteroatoms. The van der Waals surface area contributed by atoms with Crippen molar-refractivity contribution >= 4 is 11.5 Å². The van der Waals surface area contributed by atoms with Crippen molar-refractivity contribution in [2.24, 2.45) is 5.92 Å². The number of nitrogens with one attached hydrogen (secondary N) is 1. The fourth-order valence-corrected chi connectivity index (χ4v) is 4.66. The minimum atomic E-state index is -0.0639. The van der Waals surface area contributed by atoms with E-state index in [-0.39, 0.29) is 6.04 Å². The zero-order valence-corrected chi connectivity index (χ0v) is 20.4. The lowest BCUT2D eigenvalue weighted by Gasteiger charge is -2.35. The van der Waals surface area contributed by atoms with Crippen LogP contribution >= 0.6 is 0 Å². The summed E-state index contributed by atoms with van der Waals surface area (Å²) in [7, 11) is 4.00. The van der Waals surface area contributed by atoms with Gasteiger partial charge in [0, 0.05) is 45.0 Å². The van der Waals surface area contributed by atoms with Crippen molar-refractivity contribution in [1.82, 2.24) is 35.5 Å². The van der Waals surface area contributed by atoms with Crippen LogP contribution in [0.25, 0.3) is 11.3 Å². The molecule has 3 aromatic heterocycles. The molecule has 0 bridgehead atoms. The number of anilines is 2. The van der Waals surface area contributed by atoms with Crippen molar-refractivity contribution < 1.29 is 0 Å². The number of piperidine rings is 1. The number of nitrogens with zero attached hydrogens (tertiary/aromatic N) is 8. The van der Waals surface area contributed by atoms with Crippen molar-refractivity contribution in [3.63, 3.8) is 0 Å². The first kappa shape index (κ1) is 22.7. The Bertz CT molecular complexity index is 1070. The lowest BCUT2D eigenvalue weighted by molar-refractivity contribution is 0.280. The number of hydrogen-bond donors (Lipinski definition) is 1. The van der Waals surface area contributed by atoms with Crippen LogP contribution in [0, 0.1) is 5.92 Å². The van der Waals surface area contributed by atoms with E-state index in [1.807, 2.05) is 42.3 Å². The minimum absolute atomic E-state index is 0.0639. The molecule has 34 heavy (non-hydrogen) atoms. The van der Waals surface area contributed by atoms with Crippen molar-refractivity contribution in [2.75, 3.05) is 43.5 Å². The summed E-state index contributed by atoms with van der Waals surface area (Å²) in [5.74, 6) is 1.85. The van der Waals surface area contributed by atoms with E-state index in [4.69, 9.17) is 0 Å². The van der Waals surface area contributed by atoms with Gasteiger partial charge in [0.15, 0.2) is 5.82 Å². The molecule has 9 nitrogen and oxygen atoms in total. The van der Waals surface area contributed by atoms with Crippen LogP contribution in [0.3, 0.4) is 0 Å². The summed E-state index contributed by atoms with van der Waals surface area (Å²) >= 11 is 0. The van der Waals surface area contributed by atoms with Gasteiger partial charge in [-0.2, -0.15) is 5.10 Å². The molecule has 1 aliphatic carbocycles. The number of hydrogen-bond acceptors (Lipinski definition) is 8. The molecular weight excluding hydrogens is 426 g/mol. The highest BCUT2D eigenvalue weighted by atomic mass is 15.4. The standard InChI is InChI=1S/C25H35N9/c1-18(34-17-24(29-31-34)20-12-22(32(2)3)15-26-14-20)23-9-10-25(30-28-23)33-11-5-8-21(16-33)27-13-19-6-4-7-19/h9-10,12,14-15,17-19,21,27H,4-8,11,13,16H2,1-3H3/t18?,21-/m1/s1. The van der Waals surface area contributed by atoms with Crippen LogP contribution < -0.4 is 15.1 Å². The van der Waals surface area contributed by atoms with Crippen LogP contribution in [0.4, 0.5) is 11.5 Å². The molecule has 1 aliphatic heterocycles. The topological polar surface area (TPSA) is 87.9 Å². The molecule has 5 rings (SSSR count). The molecule has 2 aliphatic rings. The van der Waals surface area contributed by atoms with E-state index >= 15 is 0 Å². The monoisotopic (exact) mass is 461 g/mol. The Morgan fingerprint density at radius 1 is 1.09 bits per heavy atom. The van der Waals surface area contributed by atoms with Gasteiger partial charge in [-0.25, -0.2) is 4.68 Å². The minimum Gasteiger partial charge on any atom is -0.376 e. The molecule has 1 saturated heterocycles. The van der Waals surface area contributed by atoms with E-state index in [0.29, 0.717) is 6.04 Å². The smallest absolute Gasteiger partial charge is 0.151 e. The van der Waals surface area contributed by atoms with Gasteiger partial charge in [0.2, 0.25) is 0 Å². The first-order valence-corrected chi connectivity index (χ1v) is 12.4. The zero-order chi connectivity index (χ0) is 23.5. The van der Waals surface area contributed by atoms with E-state index in [2.05, 4.69) is 60.8 Å². The van der Waals surface area contributed by atoms with Crippen molar-refractivity contribution in [2.45, 2.75) is 51.1 Å². The van der Waals surface area contributed by atoms with Crippen molar-refractivity contribution in [3.8, 4) is 11.3 Å². The normalized spacial score (nSPS) is 19.6.